The van der Waals surface area contributed by atoms with Crippen molar-refractivity contribution in [2.24, 2.45) is 0 Å². The average molecular weight is 285 g/mol. The Balaban J connectivity index is 2.01. The first-order valence-electron chi connectivity index (χ1n) is 7.60. The van der Waals surface area contributed by atoms with E-state index < -0.39 is 11.8 Å². The van der Waals surface area contributed by atoms with Gasteiger partial charge in [-0.15, -0.1) is 0 Å². The van der Waals surface area contributed by atoms with Crippen molar-refractivity contribution in [2.75, 3.05) is 45.9 Å². The summed E-state index contributed by atoms with van der Waals surface area (Å²) in [6, 6.07) is 0. The van der Waals surface area contributed by atoms with E-state index in [1.165, 1.54) is 6.42 Å². The van der Waals surface area contributed by atoms with E-state index in [1.807, 2.05) is 0 Å². The Kier molecular flexibility index (Phi) is 8.98. The smallest absolute Gasteiger partial charge is 0.309 e. The van der Waals surface area contributed by atoms with Gasteiger partial charge in [0.25, 0.3) is 0 Å². The fraction of sp³-hybridized carbons (Fsp3) is 0.857. The van der Waals surface area contributed by atoms with Crippen LogP contribution in [-0.4, -0.2) is 62.7 Å². The molecule has 1 rings (SSSR count). The lowest BCUT2D eigenvalue weighted by atomic mass is 10.2. The van der Waals surface area contributed by atoms with Gasteiger partial charge >= 0.3 is 11.8 Å². The molecule has 1 aliphatic rings. The molecule has 116 valence electrons. The van der Waals surface area contributed by atoms with Gasteiger partial charge in [0.2, 0.25) is 0 Å². The number of rotatable bonds is 8. The van der Waals surface area contributed by atoms with Gasteiger partial charge in [-0.1, -0.05) is 26.2 Å². The molecular weight excluding hydrogens is 258 g/mol. The van der Waals surface area contributed by atoms with Crippen LogP contribution in [0.1, 0.15) is 32.6 Å². The zero-order chi connectivity index (χ0) is 14.6. The van der Waals surface area contributed by atoms with Crippen LogP contribution in [0.25, 0.3) is 0 Å². The monoisotopic (exact) mass is 285 g/mol. The highest BCUT2D eigenvalue weighted by Gasteiger charge is 2.14. The molecule has 0 bridgehead atoms. The van der Waals surface area contributed by atoms with Crippen LogP contribution in [0.3, 0.4) is 0 Å². The zero-order valence-electron chi connectivity index (χ0n) is 12.5. The Hall–Kier alpha value is -1.14. The summed E-state index contributed by atoms with van der Waals surface area (Å²) in [5.41, 5.74) is 0. The molecule has 0 aromatic carbocycles. The van der Waals surface area contributed by atoms with E-state index in [0.29, 0.717) is 13.1 Å². The number of carbonyl (C=O) groups excluding carboxylic acids is 2. The molecule has 6 nitrogen and oxygen atoms in total. The second-order valence-electron chi connectivity index (χ2n) is 5.03. The third kappa shape index (κ3) is 7.45. The minimum Gasteiger partial charge on any atom is -0.379 e. The molecule has 0 unspecified atom stereocenters. The van der Waals surface area contributed by atoms with Crippen LogP contribution in [0, 0.1) is 0 Å². The molecule has 2 amide bonds. The minimum absolute atomic E-state index is 0.502. The highest BCUT2D eigenvalue weighted by atomic mass is 16.5. The molecule has 1 heterocycles. The van der Waals surface area contributed by atoms with E-state index >= 15 is 0 Å². The summed E-state index contributed by atoms with van der Waals surface area (Å²) in [6.07, 6.45) is 4.35. The van der Waals surface area contributed by atoms with Gasteiger partial charge < -0.3 is 15.4 Å². The first-order chi connectivity index (χ1) is 9.74. The van der Waals surface area contributed by atoms with Gasteiger partial charge in [0.1, 0.15) is 0 Å². The van der Waals surface area contributed by atoms with Crippen molar-refractivity contribution in [3.8, 4) is 0 Å². The van der Waals surface area contributed by atoms with Crippen LogP contribution in [0.4, 0.5) is 0 Å². The summed E-state index contributed by atoms with van der Waals surface area (Å²) in [5.74, 6) is -1.06. The standard InChI is InChI=1S/C14H27N3O3/c1-2-3-4-5-6-15-13(18)14(19)16-7-8-17-9-11-20-12-10-17/h2-12H2,1H3,(H,15,18)(H,16,19). The SMILES string of the molecule is CCCCCCNC(=O)C(=O)NCCN1CCOCC1. The third-order valence-corrected chi connectivity index (χ3v) is 3.34. The largest absolute Gasteiger partial charge is 0.379 e. The van der Waals surface area contributed by atoms with E-state index in [-0.39, 0.29) is 0 Å². The number of ether oxygens (including phenoxy) is 1. The quantitative estimate of drug-likeness (QED) is 0.491. The van der Waals surface area contributed by atoms with Crippen LogP contribution in [-0.2, 0) is 14.3 Å². The van der Waals surface area contributed by atoms with Crippen molar-refractivity contribution in [3.05, 3.63) is 0 Å². The van der Waals surface area contributed by atoms with Crippen molar-refractivity contribution in [3.63, 3.8) is 0 Å². The van der Waals surface area contributed by atoms with Crippen LogP contribution in [0.5, 0.6) is 0 Å². The van der Waals surface area contributed by atoms with Gasteiger partial charge in [-0.25, -0.2) is 0 Å². The molecule has 1 saturated heterocycles. The molecule has 0 aromatic rings. The number of hydrogen-bond acceptors (Lipinski definition) is 4. The summed E-state index contributed by atoms with van der Waals surface area (Å²) in [6.45, 7) is 7.24. The molecular formula is C14H27N3O3. The fourth-order valence-electron chi connectivity index (χ4n) is 2.07. The lowest BCUT2D eigenvalue weighted by Gasteiger charge is -2.26. The van der Waals surface area contributed by atoms with Crippen LogP contribution in [0.2, 0.25) is 0 Å². The summed E-state index contributed by atoms with van der Waals surface area (Å²) < 4.78 is 5.24. The second kappa shape index (κ2) is 10.6. The molecule has 0 radical (unpaired) electrons. The van der Waals surface area contributed by atoms with Crippen LogP contribution < -0.4 is 10.6 Å². The summed E-state index contributed by atoms with van der Waals surface area (Å²) >= 11 is 0. The number of hydrogen-bond donors (Lipinski definition) is 2. The van der Waals surface area contributed by atoms with Gasteiger partial charge in [0.15, 0.2) is 0 Å². The Morgan fingerprint density at radius 2 is 1.65 bits per heavy atom. The maximum Gasteiger partial charge on any atom is 0.309 e. The first kappa shape index (κ1) is 16.9. The first-order valence-corrected chi connectivity index (χ1v) is 7.60. The normalized spacial score (nSPS) is 15.8. The predicted molar refractivity (Wildman–Crippen MR) is 77.4 cm³/mol. The molecule has 0 atom stereocenters. The van der Waals surface area contributed by atoms with Gasteiger partial charge in [-0.3, -0.25) is 14.5 Å². The van der Waals surface area contributed by atoms with Crippen molar-refractivity contribution < 1.29 is 14.3 Å². The second-order valence-corrected chi connectivity index (χ2v) is 5.03. The number of nitrogens with one attached hydrogen (secondary N) is 2. The lowest BCUT2D eigenvalue weighted by molar-refractivity contribution is -0.139. The van der Waals surface area contributed by atoms with Gasteiger partial charge in [0, 0.05) is 32.7 Å². The lowest BCUT2D eigenvalue weighted by Crippen LogP contribution is -2.45. The van der Waals surface area contributed by atoms with Crippen molar-refractivity contribution in [2.45, 2.75) is 32.6 Å². The Morgan fingerprint density at radius 3 is 2.30 bits per heavy atom. The van der Waals surface area contributed by atoms with Crippen molar-refractivity contribution in [1.29, 1.82) is 0 Å². The average Bonchev–Trinajstić information content (AvgIpc) is 2.47. The summed E-state index contributed by atoms with van der Waals surface area (Å²) in [4.78, 5) is 25.3. The Bertz CT molecular complexity index is 291. The topological polar surface area (TPSA) is 70.7 Å². The maximum absolute atomic E-state index is 11.5. The number of nitrogens with zero attached hydrogens (tertiary/aromatic N) is 1. The Morgan fingerprint density at radius 1 is 1.00 bits per heavy atom. The zero-order valence-corrected chi connectivity index (χ0v) is 12.5. The van der Waals surface area contributed by atoms with E-state index in [2.05, 4.69) is 22.5 Å². The molecule has 0 spiro atoms. The van der Waals surface area contributed by atoms with Crippen molar-refractivity contribution >= 4 is 11.8 Å². The molecule has 1 aliphatic heterocycles. The minimum atomic E-state index is -0.534. The molecule has 1 fully saturated rings. The van der Waals surface area contributed by atoms with Gasteiger partial charge in [-0.05, 0) is 6.42 Å². The fourth-order valence-corrected chi connectivity index (χ4v) is 2.07. The third-order valence-electron chi connectivity index (χ3n) is 3.34. The molecule has 0 aliphatic carbocycles. The predicted octanol–water partition coefficient (Wildman–Crippen LogP) is 0.131. The van der Waals surface area contributed by atoms with Crippen LogP contribution in [0.15, 0.2) is 0 Å². The summed E-state index contributed by atoms with van der Waals surface area (Å²) in [7, 11) is 0. The molecule has 6 heteroatoms. The van der Waals surface area contributed by atoms with E-state index in [4.69, 9.17) is 4.74 Å². The maximum atomic E-state index is 11.5. The molecule has 0 saturated carbocycles. The van der Waals surface area contributed by atoms with Gasteiger partial charge in [-0.2, -0.15) is 0 Å². The number of unbranched alkanes of at least 4 members (excludes halogenated alkanes) is 3. The highest BCUT2D eigenvalue weighted by Crippen LogP contribution is 1.97. The molecule has 2 N–H and O–H groups in total. The van der Waals surface area contributed by atoms with Crippen LogP contribution >= 0.6 is 0 Å². The summed E-state index contributed by atoms with van der Waals surface area (Å²) in [5, 5.41) is 5.29. The van der Waals surface area contributed by atoms with Gasteiger partial charge in [0.05, 0.1) is 13.2 Å². The Labute approximate surface area is 121 Å². The van der Waals surface area contributed by atoms with E-state index in [9.17, 15) is 9.59 Å². The number of amides is 2. The number of carbonyl (C=O) groups is 2. The van der Waals surface area contributed by atoms with Crippen molar-refractivity contribution in [1.82, 2.24) is 15.5 Å². The van der Waals surface area contributed by atoms with E-state index in [0.717, 1.165) is 52.1 Å². The number of morpholine rings is 1. The molecule has 0 aromatic heterocycles. The highest BCUT2D eigenvalue weighted by molar-refractivity contribution is 6.35. The van der Waals surface area contributed by atoms with E-state index in [1.54, 1.807) is 0 Å². The molecule has 20 heavy (non-hydrogen) atoms.